The summed E-state index contributed by atoms with van der Waals surface area (Å²) in [5, 5.41) is 23.9. The molecule has 0 aromatic carbocycles. The maximum Gasteiger partial charge on any atom is 0.243 e. The van der Waals surface area contributed by atoms with Gasteiger partial charge in [0.15, 0.2) is 0 Å². The van der Waals surface area contributed by atoms with E-state index in [0.29, 0.717) is 4.60 Å². The quantitative estimate of drug-likeness (QED) is 0.742. The van der Waals surface area contributed by atoms with Gasteiger partial charge in [0, 0.05) is 18.7 Å². The average Bonchev–Trinajstić information content (AvgIpc) is 2.99. The summed E-state index contributed by atoms with van der Waals surface area (Å²) in [7, 11) is 0. The van der Waals surface area contributed by atoms with Gasteiger partial charge in [-0.25, -0.2) is 9.69 Å². The van der Waals surface area contributed by atoms with Gasteiger partial charge in [-0.15, -0.1) is 0 Å². The van der Waals surface area contributed by atoms with Crippen LogP contribution in [0, 0.1) is 5.92 Å². The van der Waals surface area contributed by atoms with Crippen molar-refractivity contribution in [2.45, 2.75) is 46.0 Å². The number of carbonyl (C=O) groups is 1. The van der Waals surface area contributed by atoms with Crippen LogP contribution in [0.25, 0.3) is 0 Å². The summed E-state index contributed by atoms with van der Waals surface area (Å²) in [6, 6.07) is 1.99. The highest BCUT2D eigenvalue weighted by Crippen LogP contribution is 2.25. The van der Waals surface area contributed by atoms with Crippen LogP contribution >= 0.6 is 15.9 Å². The Morgan fingerprint density at radius 1 is 1.50 bits per heavy atom. The number of nitrogens with zero attached hydrogens (tertiary/aromatic N) is 5. The lowest BCUT2D eigenvalue weighted by atomic mass is 10.0. The van der Waals surface area contributed by atoms with Crippen LogP contribution in [0.1, 0.15) is 45.7 Å². The van der Waals surface area contributed by atoms with Crippen molar-refractivity contribution < 1.29 is 9.90 Å². The van der Waals surface area contributed by atoms with Crippen molar-refractivity contribution in [2.24, 2.45) is 11.0 Å². The number of piperidine rings is 1. The van der Waals surface area contributed by atoms with Crippen molar-refractivity contribution in [3.05, 3.63) is 16.4 Å². The molecule has 3 heterocycles. The molecule has 2 atom stereocenters. The Kier molecular flexibility index (Phi) is 5.99. The molecule has 26 heavy (non-hydrogen) atoms. The van der Waals surface area contributed by atoms with Crippen molar-refractivity contribution in [1.29, 1.82) is 0 Å². The van der Waals surface area contributed by atoms with Crippen LogP contribution in [-0.4, -0.2) is 68.6 Å². The molecular formula is C17H27BrN6O2. The maximum atomic E-state index is 12.5. The molecule has 1 aromatic rings. The number of hydrazone groups is 1. The molecule has 0 bridgehead atoms. The van der Waals surface area contributed by atoms with Crippen LogP contribution in [0.15, 0.2) is 15.8 Å². The fourth-order valence-electron chi connectivity index (χ4n) is 3.51. The van der Waals surface area contributed by atoms with Crippen LogP contribution in [0.3, 0.4) is 0 Å². The summed E-state index contributed by atoms with van der Waals surface area (Å²) in [6.07, 6.45) is 0.982. The second-order valence-electron chi connectivity index (χ2n) is 7.18. The zero-order valence-electron chi connectivity index (χ0n) is 15.5. The van der Waals surface area contributed by atoms with Crippen LogP contribution in [0.5, 0.6) is 0 Å². The van der Waals surface area contributed by atoms with E-state index >= 15 is 0 Å². The van der Waals surface area contributed by atoms with Crippen LogP contribution in [-0.2, 0) is 4.79 Å². The fourth-order valence-corrected chi connectivity index (χ4v) is 3.90. The topological polar surface area (TPSA) is 86.0 Å². The third kappa shape index (κ3) is 4.10. The molecule has 1 aromatic heterocycles. The zero-order valence-corrected chi connectivity index (χ0v) is 17.1. The number of aliphatic hydroxyl groups is 1. The molecule has 0 aliphatic carbocycles. The summed E-state index contributed by atoms with van der Waals surface area (Å²) in [5.41, 5.74) is 1.57. The first-order valence-corrected chi connectivity index (χ1v) is 9.98. The van der Waals surface area contributed by atoms with E-state index in [-0.39, 0.29) is 24.4 Å². The first-order chi connectivity index (χ1) is 12.4. The van der Waals surface area contributed by atoms with E-state index in [1.165, 1.54) is 9.69 Å². The number of aromatic nitrogens is 2. The Balaban J connectivity index is 1.68. The van der Waals surface area contributed by atoms with Gasteiger partial charge in [0.1, 0.15) is 11.1 Å². The third-order valence-corrected chi connectivity index (χ3v) is 5.25. The van der Waals surface area contributed by atoms with Gasteiger partial charge in [0.25, 0.3) is 0 Å². The predicted molar refractivity (Wildman–Crippen MR) is 103 cm³/mol. The van der Waals surface area contributed by atoms with Crippen LogP contribution in [0.2, 0.25) is 0 Å². The minimum atomic E-state index is -1.09. The van der Waals surface area contributed by atoms with Crippen LogP contribution < -0.4 is 5.32 Å². The molecule has 3 rings (SSSR count). The number of hydrogen-bond acceptors (Lipinski definition) is 6. The molecule has 2 aliphatic heterocycles. The molecule has 144 valence electrons. The van der Waals surface area contributed by atoms with E-state index in [0.717, 1.165) is 43.9 Å². The Hall–Kier alpha value is -1.45. The van der Waals surface area contributed by atoms with Gasteiger partial charge in [0.05, 0.1) is 11.4 Å². The van der Waals surface area contributed by atoms with E-state index < -0.39 is 6.35 Å². The summed E-state index contributed by atoms with van der Waals surface area (Å²) in [6.45, 7) is 9.15. The lowest BCUT2D eigenvalue weighted by Crippen LogP contribution is -2.50. The van der Waals surface area contributed by atoms with E-state index in [4.69, 9.17) is 0 Å². The molecule has 1 amide bonds. The van der Waals surface area contributed by atoms with Crippen molar-refractivity contribution in [2.75, 3.05) is 26.2 Å². The summed E-state index contributed by atoms with van der Waals surface area (Å²) in [4.78, 5) is 14.9. The van der Waals surface area contributed by atoms with Gasteiger partial charge < -0.3 is 15.3 Å². The highest BCUT2D eigenvalue weighted by atomic mass is 79.9. The molecule has 2 aliphatic rings. The largest absolute Gasteiger partial charge is 0.354 e. The number of amides is 1. The second kappa shape index (κ2) is 8.06. The van der Waals surface area contributed by atoms with E-state index in [2.05, 4.69) is 43.3 Å². The molecule has 0 spiro atoms. The van der Waals surface area contributed by atoms with Gasteiger partial charge in [-0.3, -0.25) is 4.79 Å². The summed E-state index contributed by atoms with van der Waals surface area (Å²) < 4.78 is 2.13. The number of likely N-dealkylation sites (tertiary alicyclic amines) is 1. The lowest BCUT2D eigenvalue weighted by Gasteiger charge is -2.34. The smallest absolute Gasteiger partial charge is 0.243 e. The number of fused-ring (bicyclic) bond motifs is 1. The highest BCUT2D eigenvalue weighted by molar-refractivity contribution is 9.10. The van der Waals surface area contributed by atoms with Crippen LogP contribution in [0.4, 0.5) is 0 Å². The first kappa shape index (κ1) is 19.3. The first-order valence-electron chi connectivity index (χ1n) is 9.19. The minimum Gasteiger partial charge on any atom is -0.354 e. The Morgan fingerprint density at radius 2 is 2.27 bits per heavy atom. The molecule has 8 nitrogen and oxygen atoms in total. The van der Waals surface area contributed by atoms with Crippen molar-refractivity contribution in [1.82, 2.24) is 25.0 Å². The molecule has 1 saturated heterocycles. The zero-order chi connectivity index (χ0) is 18.8. The standard InChI is InChI=1S/C17H27BrN6O2/c1-4-22-7-5-6-12(9-22)19-15(25)10-23-17(26)24-13(8-14(18)20-24)16(21-23)11(2)3/h8,11-12,17,26H,4-7,9-10H2,1-3H3,(H,19,25)/t12-,17-/m1/s1. The van der Waals surface area contributed by atoms with Gasteiger partial charge in [-0.2, -0.15) is 10.2 Å². The normalized spacial score (nSPS) is 23.8. The monoisotopic (exact) mass is 426 g/mol. The number of carbonyl (C=O) groups excluding carboxylic acids is 1. The molecule has 0 unspecified atom stereocenters. The Bertz CT molecular complexity index is 689. The maximum absolute atomic E-state index is 12.5. The van der Waals surface area contributed by atoms with E-state index in [1.54, 1.807) is 0 Å². The Labute approximate surface area is 162 Å². The molecule has 0 radical (unpaired) electrons. The van der Waals surface area contributed by atoms with Gasteiger partial charge in [-0.1, -0.05) is 20.8 Å². The SMILES string of the molecule is CCN1CCC[C@@H](NC(=O)CN2N=C(C(C)C)c3cc(Br)nn3[C@@H]2O)C1. The molecule has 1 fully saturated rings. The number of hydrogen-bond donors (Lipinski definition) is 2. The number of rotatable bonds is 5. The molecule has 2 N–H and O–H groups in total. The number of likely N-dealkylation sites (N-methyl/N-ethyl adjacent to an activating group) is 1. The highest BCUT2D eigenvalue weighted by Gasteiger charge is 2.31. The molecule has 9 heteroatoms. The predicted octanol–water partition coefficient (Wildman–Crippen LogP) is 1.37. The third-order valence-electron chi connectivity index (χ3n) is 4.86. The fraction of sp³-hybridized carbons (Fsp3) is 0.706. The summed E-state index contributed by atoms with van der Waals surface area (Å²) in [5.74, 6) is 0.0143. The summed E-state index contributed by atoms with van der Waals surface area (Å²) >= 11 is 3.34. The number of aliphatic hydroxyl groups excluding tert-OH is 1. The number of halogens is 1. The van der Waals surface area contributed by atoms with Gasteiger partial charge in [-0.05, 0) is 47.8 Å². The molecule has 0 saturated carbocycles. The van der Waals surface area contributed by atoms with Gasteiger partial charge >= 0.3 is 0 Å². The Morgan fingerprint density at radius 3 is 2.96 bits per heavy atom. The minimum absolute atomic E-state index is 0.00304. The van der Waals surface area contributed by atoms with Gasteiger partial charge in [0.2, 0.25) is 12.3 Å². The lowest BCUT2D eigenvalue weighted by molar-refractivity contribution is -0.131. The van der Waals surface area contributed by atoms with E-state index in [1.807, 2.05) is 19.9 Å². The molecular weight excluding hydrogens is 400 g/mol. The number of nitrogens with one attached hydrogen (secondary N) is 1. The van der Waals surface area contributed by atoms with Crippen molar-refractivity contribution >= 4 is 27.5 Å². The second-order valence-corrected chi connectivity index (χ2v) is 7.99. The van der Waals surface area contributed by atoms with E-state index in [9.17, 15) is 9.90 Å². The van der Waals surface area contributed by atoms with Crippen molar-refractivity contribution in [3.8, 4) is 0 Å². The van der Waals surface area contributed by atoms with Crippen molar-refractivity contribution in [3.63, 3.8) is 0 Å². The average molecular weight is 427 g/mol.